The molecule has 0 aliphatic rings. The normalized spacial score (nSPS) is 12.1. The van der Waals surface area contributed by atoms with Gasteiger partial charge < -0.3 is 5.32 Å². The number of hydrogen-bond donors (Lipinski definition) is 1. The van der Waals surface area contributed by atoms with E-state index in [1.165, 1.54) is 0 Å². The maximum Gasteiger partial charge on any atom is 0.0995 e. The Balaban J connectivity index is 2.35. The lowest BCUT2D eigenvalue weighted by Crippen LogP contribution is -2.18. The molecule has 1 N–H and O–H groups in total. The van der Waals surface area contributed by atoms with E-state index in [0.29, 0.717) is 5.25 Å². The Morgan fingerprint density at radius 3 is 2.88 bits per heavy atom. The molecule has 0 amide bonds. The van der Waals surface area contributed by atoms with Gasteiger partial charge in [-0.15, -0.1) is 0 Å². The molecule has 86 valence electrons. The van der Waals surface area contributed by atoms with E-state index >= 15 is 0 Å². The number of nitrogens with one attached hydrogen (secondary N) is 1. The molecular formula is C13H18N2S. The van der Waals surface area contributed by atoms with Crippen LogP contribution in [-0.2, 0) is 6.54 Å². The molecule has 0 saturated heterocycles. The summed E-state index contributed by atoms with van der Waals surface area (Å²) in [6.45, 7) is 4.02. The van der Waals surface area contributed by atoms with Gasteiger partial charge in [-0.25, -0.2) is 0 Å². The Labute approximate surface area is 102 Å². The first-order valence-corrected chi connectivity index (χ1v) is 6.78. The van der Waals surface area contributed by atoms with Crippen LogP contribution in [0.1, 0.15) is 24.5 Å². The van der Waals surface area contributed by atoms with Gasteiger partial charge in [-0.3, -0.25) is 0 Å². The van der Waals surface area contributed by atoms with E-state index in [4.69, 9.17) is 5.26 Å². The highest BCUT2D eigenvalue weighted by atomic mass is 32.2. The maximum absolute atomic E-state index is 8.92. The highest BCUT2D eigenvalue weighted by Gasteiger charge is 2.01. The van der Waals surface area contributed by atoms with Crippen LogP contribution in [0.2, 0.25) is 0 Å². The fraction of sp³-hybridized carbons (Fsp3) is 0.462. The quantitative estimate of drug-likeness (QED) is 0.769. The molecule has 1 aromatic rings. The summed E-state index contributed by atoms with van der Waals surface area (Å²) >= 11 is 1.89. The number of nitriles is 1. The van der Waals surface area contributed by atoms with Crippen molar-refractivity contribution in [2.75, 3.05) is 12.8 Å². The Hall–Kier alpha value is -0.980. The van der Waals surface area contributed by atoms with Crippen molar-refractivity contribution in [3.63, 3.8) is 0 Å². The summed E-state index contributed by atoms with van der Waals surface area (Å²) < 4.78 is 0. The lowest BCUT2D eigenvalue weighted by molar-refractivity contribution is 0.647. The van der Waals surface area contributed by atoms with Crippen molar-refractivity contribution in [2.45, 2.75) is 25.1 Å². The van der Waals surface area contributed by atoms with E-state index in [1.807, 2.05) is 36.0 Å². The largest absolute Gasteiger partial charge is 0.313 e. The summed E-state index contributed by atoms with van der Waals surface area (Å²) in [7, 11) is 0. The molecule has 0 bridgehead atoms. The minimum absolute atomic E-state index is 0.693. The van der Waals surface area contributed by atoms with Crippen LogP contribution in [0.15, 0.2) is 24.3 Å². The van der Waals surface area contributed by atoms with E-state index in [2.05, 4.69) is 24.6 Å². The van der Waals surface area contributed by atoms with E-state index in [-0.39, 0.29) is 0 Å². The van der Waals surface area contributed by atoms with Gasteiger partial charge in [-0.05, 0) is 30.9 Å². The zero-order valence-corrected chi connectivity index (χ0v) is 10.7. The molecule has 0 aliphatic carbocycles. The summed E-state index contributed by atoms with van der Waals surface area (Å²) in [5.74, 6) is 0. The van der Waals surface area contributed by atoms with Crippen LogP contribution in [0.25, 0.3) is 0 Å². The molecule has 0 aromatic heterocycles. The molecule has 0 spiro atoms. The molecular weight excluding hydrogens is 216 g/mol. The minimum atomic E-state index is 0.693. The molecule has 0 aliphatic heterocycles. The van der Waals surface area contributed by atoms with Gasteiger partial charge in [0.25, 0.3) is 0 Å². The van der Waals surface area contributed by atoms with Crippen LogP contribution in [0.3, 0.4) is 0 Å². The molecule has 0 saturated carbocycles. The van der Waals surface area contributed by atoms with Gasteiger partial charge in [-0.1, -0.05) is 25.1 Å². The average Bonchev–Trinajstić information content (AvgIpc) is 2.34. The topological polar surface area (TPSA) is 35.8 Å². The molecule has 2 nitrogen and oxygen atoms in total. The van der Waals surface area contributed by atoms with Crippen molar-refractivity contribution in [2.24, 2.45) is 0 Å². The van der Waals surface area contributed by atoms with Crippen molar-refractivity contribution < 1.29 is 0 Å². The zero-order valence-electron chi connectivity index (χ0n) is 9.86. The van der Waals surface area contributed by atoms with Crippen molar-refractivity contribution in [3.8, 4) is 6.07 Å². The lowest BCUT2D eigenvalue weighted by atomic mass is 10.1. The molecule has 0 fully saturated rings. The Kier molecular flexibility index (Phi) is 5.99. The second-order valence-electron chi connectivity index (χ2n) is 3.78. The second kappa shape index (κ2) is 7.32. The van der Waals surface area contributed by atoms with Gasteiger partial charge >= 0.3 is 0 Å². The summed E-state index contributed by atoms with van der Waals surface area (Å²) in [4.78, 5) is 0. The number of benzene rings is 1. The van der Waals surface area contributed by atoms with Crippen molar-refractivity contribution >= 4 is 11.8 Å². The SMILES string of the molecule is CSC(C)CCNCc1ccccc1C#N. The van der Waals surface area contributed by atoms with E-state index in [0.717, 1.165) is 30.6 Å². The Morgan fingerprint density at radius 1 is 1.44 bits per heavy atom. The molecule has 1 atom stereocenters. The van der Waals surface area contributed by atoms with Crippen LogP contribution in [0.5, 0.6) is 0 Å². The molecule has 1 rings (SSSR count). The predicted molar refractivity (Wildman–Crippen MR) is 70.5 cm³/mol. The molecule has 1 unspecified atom stereocenters. The van der Waals surface area contributed by atoms with Crippen LogP contribution in [0, 0.1) is 11.3 Å². The third-order valence-corrected chi connectivity index (χ3v) is 3.62. The van der Waals surface area contributed by atoms with E-state index in [1.54, 1.807) is 0 Å². The predicted octanol–water partition coefficient (Wildman–Crippen LogP) is 2.79. The molecule has 16 heavy (non-hydrogen) atoms. The monoisotopic (exact) mass is 234 g/mol. The summed E-state index contributed by atoms with van der Waals surface area (Å²) in [5.41, 5.74) is 1.86. The van der Waals surface area contributed by atoms with Crippen molar-refractivity contribution in [3.05, 3.63) is 35.4 Å². The van der Waals surface area contributed by atoms with Gasteiger partial charge in [0.1, 0.15) is 0 Å². The first-order chi connectivity index (χ1) is 7.77. The number of nitrogens with zero attached hydrogens (tertiary/aromatic N) is 1. The maximum atomic E-state index is 8.92. The Bertz CT molecular complexity index is 357. The third kappa shape index (κ3) is 4.26. The zero-order chi connectivity index (χ0) is 11.8. The molecule has 3 heteroatoms. The highest BCUT2D eigenvalue weighted by Crippen LogP contribution is 2.09. The Morgan fingerprint density at radius 2 is 2.19 bits per heavy atom. The van der Waals surface area contributed by atoms with Crippen LogP contribution in [-0.4, -0.2) is 18.1 Å². The van der Waals surface area contributed by atoms with E-state index in [9.17, 15) is 0 Å². The number of thioether (sulfide) groups is 1. The summed E-state index contributed by atoms with van der Waals surface area (Å²) in [6.07, 6.45) is 3.30. The van der Waals surface area contributed by atoms with Gasteiger partial charge in [0.2, 0.25) is 0 Å². The first-order valence-electron chi connectivity index (χ1n) is 5.49. The fourth-order valence-electron chi connectivity index (χ4n) is 1.43. The van der Waals surface area contributed by atoms with Gasteiger partial charge in [0.15, 0.2) is 0 Å². The van der Waals surface area contributed by atoms with Gasteiger partial charge in [-0.2, -0.15) is 17.0 Å². The average molecular weight is 234 g/mol. The van der Waals surface area contributed by atoms with Gasteiger partial charge in [0.05, 0.1) is 11.6 Å². The molecule has 0 radical (unpaired) electrons. The summed E-state index contributed by atoms with van der Waals surface area (Å²) in [5, 5.41) is 13.0. The van der Waals surface area contributed by atoms with Crippen LogP contribution >= 0.6 is 11.8 Å². The van der Waals surface area contributed by atoms with Crippen LogP contribution in [0.4, 0.5) is 0 Å². The van der Waals surface area contributed by atoms with E-state index < -0.39 is 0 Å². The summed E-state index contributed by atoms with van der Waals surface area (Å²) in [6, 6.07) is 9.95. The van der Waals surface area contributed by atoms with Gasteiger partial charge in [0, 0.05) is 11.8 Å². The first kappa shape index (κ1) is 13.1. The van der Waals surface area contributed by atoms with Crippen LogP contribution < -0.4 is 5.32 Å². The molecule has 1 aromatic carbocycles. The third-order valence-electron chi connectivity index (χ3n) is 2.58. The number of hydrogen-bond acceptors (Lipinski definition) is 3. The smallest absolute Gasteiger partial charge is 0.0995 e. The highest BCUT2D eigenvalue weighted by molar-refractivity contribution is 7.99. The minimum Gasteiger partial charge on any atom is -0.313 e. The lowest BCUT2D eigenvalue weighted by Gasteiger charge is -2.09. The fourth-order valence-corrected chi connectivity index (χ4v) is 1.78. The van der Waals surface area contributed by atoms with Crippen molar-refractivity contribution in [1.82, 2.24) is 5.32 Å². The van der Waals surface area contributed by atoms with Crippen molar-refractivity contribution in [1.29, 1.82) is 5.26 Å². The second-order valence-corrected chi connectivity index (χ2v) is 5.06. The standard InChI is InChI=1S/C13H18N2S/c1-11(16-2)7-8-15-10-13-6-4-3-5-12(13)9-14/h3-6,11,15H,7-8,10H2,1-2H3. The number of rotatable bonds is 6. The molecule has 0 heterocycles.